The number of tetrazole rings is 1. The van der Waals surface area contributed by atoms with E-state index in [1.54, 1.807) is 11.8 Å². The summed E-state index contributed by atoms with van der Waals surface area (Å²) < 4.78 is 3.78. The van der Waals surface area contributed by atoms with Crippen molar-refractivity contribution in [2.24, 2.45) is 0 Å². The van der Waals surface area contributed by atoms with E-state index in [0.717, 1.165) is 49.8 Å². The maximum atomic E-state index is 4.39. The number of fused-ring (bicyclic) bond motifs is 4. The van der Waals surface area contributed by atoms with Crippen molar-refractivity contribution in [3.63, 3.8) is 0 Å². The minimum atomic E-state index is -0.0679. The topological polar surface area (TPSA) is 85.8 Å². The smallest absolute Gasteiger partial charge is 0.212 e. The monoisotopic (exact) mass is 400 g/mol. The van der Waals surface area contributed by atoms with Gasteiger partial charge in [0.05, 0.1) is 5.52 Å². The Hall–Kier alpha value is -3.46. The van der Waals surface area contributed by atoms with E-state index >= 15 is 0 Å². The highest BCUT2D eigenvalue weighted by Crippen LogP contribution is 2.42. The maximum Gasteiger partial charge on any atom is 0.212 e. The Morgan fingerprint density at radius 3 is 2.72 bits per heavy atom. The van der Waals surface area contributed by atoms with Gasteiger partial charge in [-0.1, -0.05) is 54.2 Å². The molecule has 3 aromatic heterocycles. The largest absolute Gasteiger partial charge is 0.304 e. The van der Waals surface area contributed by atoms with E-state index in [1.165, 1.54) is 0 Å². The number of hydrogen-bond acceptors (Lipinski definition) is 7. The molecule has 0 amide bonds. The minimum absolute atomic E-state index is 0.0679. The van der Waals surface area contributed by atoms with E-state index in [2.05, 4.69) is 81.4 Å². The van der Waals surface area contributed by atoms with E-state index in [4.69, 9.17) is 0 Å². The van der Waals surface area contributed by atoms with Gasteiger partial charge in [0.2, 0.25) is 5.16 Å². The standard InChI is InChI=1S/C20H16N8S/c1-11-6-3-4-9-14(11)17-21-23-20-28(17)24-19(29-20)15-10-13-8-5-7-12(2)16(13)27-18(15)22-25-26-27/h3-10,19,24H,1-2H3. The second-order valence-corrected chi connectivity index (χ2v) is 8.18. The first-order valence-electron chi connectivity index (χ1n) is 9.25. The number of aromatic nitrogens is 7. The third-order valence-corrected chi connectivity index (χ3v) is 6.36. The van der Waals surface area contributed by atoms with Crippen molar-refractivity contribution in [3.05, 3.63) is 65.2 Å². The molecule has 8 nitrogen and oxygen atoms in total. The van der Waals surface area contributed by atoms with Gasteiger partial charge >= 0.3 is 0 Å². The molecule has 9 heteroatoms. The molecule has 1 aliphatic heterocycles. The van der Waals surface area contributed by atoms with Gasteiger partial charge in [-0.3, -0.25) is 0 Å². The van der Waals surface area contributed by atoms with E-state index < -0.39 is 0 Å². The highest BCUT2D eigenvalue weighted by molar-refractivity contribution is 7.99. The van der Waals surface area contributed by atoms with Crippen LogP contribution >= 0.6 is 11.8 Å². The van der Waals surface area contributed by atoms with Gasteiger partial charge in [-0.15, -0.1) is 15.3 Å². The summed E-state index contributed by atoms with van der Waals surface area (Å²) in [5.74, 6) is 0.806. The quantitative estimate of drug-likeness (QED) is 0.485. The van der Waals surface area contributed by atoms with Gasteiger partial charge in [-0.25, -0.2) is 4.68 Å². The van der Waals surface area contributed by atoms with E-state index in [0.29, 0.717) is 0 Å². The molecule has 29 heavy (non-hydrogen) atoms. The molecule has 5 aromatic rings. The van der Waals surface area contributed by atoms with Crippen molar-refractivity contribution < 1.29 is 0 Å². The number of rotatable bonds is 2. The van der Waals surface area contributed by atoms with Crippen LogP contribution in [0.5, 0.6) is 0 Å². The Balaban J connectivity index is 1.48. The lowest BCUT2D eigenvalue weighted by molar-refractivity contribution is 0.791. The van der Waals surface area contributed by atoms with Crippen molar-refractivity contribution in [1.82, 2.24) is 34.9 Å². The average molecular weight is 400 g/mol. The summed E-state index contributed by atoms with van der Waals surface area (Å²) in [6, 6.07) is 16.5. The number of thioether (sulfide) groups is 1. The van der Waals surface area contributed by atoms with Crippen LogP contribution in [0.15, 0.2) is 53.7 Å². The van der Waals surface area contributed by atoms with Crippen LogP contribution in [-0.2, 0) is 0 Å². The van der Waals surface area contributed by atoms with E-state index in [9.17, 15) is 0 Å². The molecule has 0 fully saturated rings. The lowest BCUT2D eigenvalue weighted by Gasteiger charge is -2.15. The summed E-state index contributed by atoms with van der Waals surface area (Å²) in [5, 5.41) is 23.1. The van der Waals surface area contributed by atoms with Gasteiger partial charge in [0.25, 0.3) is 0 Å². The molecule has 0 saturated carbocycles. The van der Waals surface area contributed by atoms with Crippen molar-refractivity contribution in [3.8, 4) is 11.4 Å². The summed E-state index contributed by atoms with van der Waals surface area (Å²) in [6.45, 7) is 4.15. The summed E-state index contributed by atoms with van der Waals surface area (Å²) >= 11 is 1.61. The third-order valence-electron chi connectivity index (χ3n) is 5.29. The highest BCUT2D eigenvalue weighted by atomic mass is 32.2. The highest BCUT2D eigenvalue weighted by Gasteiger charge is 2.31. The fourth-order valence-electron chi connectivity index (χ4n) is 3.87. The van der Waals surface area contributed by atoms with Gasteiger partial charge in [0, 0.05) is 16.5 Å². The Bertz CT molecular complexity index is 1400. The van der Waals surface area contributed by atoms with Crippen LogP contribution < -0.4 is 5.43 Å². The molecule has 1 N–H and O–H groups in total. The van der Waals surface area contributed by atoms with E-state index in [1.807, 2.05) is 21.3 Å². The SMILES string of the molecule is Cc1ccccc1-c1nnc2n1NC(c1cc3cccc(C)c3n3nnnc13)S2. The summed E-state index contributed by atoms with van der Waals surface area (Å²) in [7, 11) is 0. The Labute approximate surface area is 169 Å². The molecule has 1 unspecified atom stereocenters. The van der Waals surface area contributed by atoms with Gasteiger partial charge in [0.1, 0.15) is 5.37 Å². The number of benzene rings is 2. The Morgan fingerprint density at radius 1 is 0.966 bits per heavy atom. The first kappa shape index (κ1) is 16.5. The van der Waals surface area contributed by atoms with Gasteiger partial charge in [0.15, 0.2) is 11.5 Å². The number of para-hydroxylation sites is 1. The number of hydrogen-bond donors (Lipinski definition) is 1. The van der Waals surface area contributed by atoms with Crippen LogP contribution in [0.3, 0.4) is 0 Å². The second-order valence-electron chi connectivity index (χ2n) is 7.11. The molecule has 0 aliphatic carbocycles. The molecular formula is C20H16N8S. The zero-order valence-electron chi connectivity index (χ0n) is 15.7. The summed E-state index contributed by atoms with van der Waals surface area (Å²) in [4.78, 5) is 0. The molecule has 0 bridgehead atoms. The number of pyridine rings is 1. The lowest BCUT2D eigenvalue weighted by atomic mass is 10.1. The van der Waals surface area contributed by atoms with Crippen molar-refractivity contribution in [2.45, 2.75) is 24.4 Å². The number of nitrogens with one attached hydrogen (secondary N) is 1. The minimum Gasteiger partial charge on any atom is -0.304 e. The average Bonchev–Trinajstić information content (AvgIpc) is 3.43. The lowest BCUT2D eigenvalue weighted by Crippen LogP contribution is -2.15. The van der Waals surface area contributed by atoms with Crippen LogP contribution in [0.2, 0.25) is 0 Å². The molecule has 0 spiro atoms. The number of aryl methyl sites for hydroxylation is 2. The van der Waals surface area contributed by atoms with Gasteiger partial charge < -0.3 is 5.43 Å². The molecule has 6 rings (SSSR count). The first-order valence-corrected chi connectivity index (χ1v) is 10.1. The zero-order chi connectivity index (χ0) is 19.5. The molecule has 1 atom stereocenters. The summed E-state index contributed by atoms with van der Waals surface area (Å²) in [5.41, 5.74) is 9.67. The van der Waals surface area contributed by atoms with Gasteiger partial charge in [-0.2, -0.15) is 4.52 Å². The van der Waals surface area contributed by atoms with Crippen LogP contribution in [0.1, 0.15) is 22.1 Å². The normalized spacial score (nSPS) is 15.7. The van der Waals surface area contributed by atoms with Gasteiger partial charge in [-0.05, 0) is 41.5 Å². The zero-order valence-corrected chi connectivity index (χ0v) is 16.6. The molecule has 0 radical (unpaired) electrons. The molecule has 2 aromatic carbocycles. The predicted octanol–water partition coefficient (Wildman–Crippen LogP) is 3.50. The summed E-state index contributed by atoms with van der Waals surface area (Å²) in [6.07, 6.45) is 0. The Kier molecular flexibility index (Phi) is 3.42. The number of nitrogens with zero attached hydrogens (tertiary/aromatic N) is 7. The molecule has 142 valence electrons. The van der Waals surface area contributed by atoms with Crippen LogP contribution in [0, 0.1) is 13.8 Å². The van der Waals surface area contributed by atoms with E-state index in [-0.39, 0.29) is 5.37 Å². The third kappa shape index (κ3) is 2.37. The predicted molar refractivity (Wildman–Crippen MR) is 111 cm³/mol. The molecular weight excluding hydrogens is 384 g/mol. The van der Waals surface area contributed by atoms with Crippen LogP contribution in [0.25, 0.3) is 27.9 Å². The van der Waals surface area contributed by atoms with Crippen molar-refractivity contribution >= 4 is 28.3 Å². The van der Waals surface area contributed by atoms with Crippen molar-refractivity contribution in [2.75, 3.05) is 5.43 Å². The second kappa shape index (κ2) is 6.02. The van der Waals surface area contributed by atoms with Crippen molar-refractivity contribution in [1.29, 1.82) is 0 Å². The first-order chi connectivity index (χ1) is 14.2. The fourth-order valence-corrected chi connectivity index (χ4v) is 4.88. The fraction of sp³-hybridized carbons (Fsp3) is 0.150. The molecule has 4 heterocycles. The van der Waals surface area contributed by atoms with Crippen LogP contribution in [-0.4, -0.2) is 34.9 Å². The molecule has 1 aliphatic rings. The Morgan fingerprint density at radius 2 is 1.83 bits per heavy atom. The molecule has 0 saturated heterocycles. The van der Waals surface area contributed by atoms with Crippen LogP contribution in [0.4, 0.5) is 0 Å². The maximum absolute atomic E-state index is 4.39.